The van der Waals surface area contributed by atoms with Gasteiger partial charge in [-0.15, -0.1) is 0 Å². The van der Waals surface area contributed by atoms with Gasteiger partial charge in [0.1, 0.15) is 12.8 Å². The van der Waals surface area contributed by atoms with Crippen molar-refractivity contribution in [2.45, 2.75) is 25.2 Å². The van der Waals surface area contributed by atoms with Crippen LogP contribution in [0.3, 0.4) is 0 Å². The van der Waals surface area contributed by atoms with Crippen molar-refractivity contribution < 1.29 is 22.3 Å². The summed E-state index contributed by atoms with van der Waals surface area (Å²) in [7, 11) is 1.37. The molecule has 2 unspecified atom stereocenters. The van der Waals surface area contributed by atoms with Crippen LogP contribution in [0.2, 0.25) is 0 Å². The minimum Gasteiger partial charge on any atom is -0.445 e. The zero-order chi connectivity index (χ0) is 15.5. The molecule has 0 aromatic heterocycles. The molecule has 0 N–H and O–H groups in total. The lowest BCUT2D eigenvalue weighted by atomic mass is 10.2. The van der Waals surface area contributed by atoms with Gasteiger partial charge in [-0.05, 0) is 5.56 Å². The van der Waals surface area contributed by atoms with Gasteiger partial charge in [0.15, 0.2) is 0 Å². The summed E-state index contributed by atoms with van der Waals surface area (Å²) >= 11 is 0. The molecule has 1 amide bonds. The Labute approximate surface area is 127 Å². The SMILES string of the molecule is O=C(OCc1ccccc1)N1CC(F)CC1CS(=O)(=O)Cl. The van der Waals surface area contributed by atoms with Crippen molar-refractivity contribution in [1.82, 2.24) is 4.90 Å². The number of hydrogen-bond donors (Lipinski definition) is 0. The monoisotopic (exact) mass is 335 g/mol. The Morgan fingerprint density at radius 3 is 2.67 bits per heavy atom. The topological polar surface area (TPSA) is 63.7 Å². The average Bonchev–Trinajstić information content (AvgIpc) is 2.76. The van der Waals surface area contributed by atoms with E-state index in [-0.39, 0.29) is 19.6 Å². The lowest BCUT2D eigenvalue weighted by molar-refractivity contribution is 0.0932. The Kier molecular flexibility index (Phi) is 5.05. The lowest BCUT2D eigenvalue weighted by Crippen LogP contribution is -2.39. The molecule has 1 aromatic carbocycles. The fourth-order valence-electron chi connectivity index (χ4n) is 2.27. The maximum absolute atomic E-state index is 13.4. The lowest BCUT2D eigenvalue weighted by Gasteiger charge is -2.22. The minimum atomic E-state index is -3.81. The summed E-state index contributed by atoms with van der Waals surface area (Å²) in [6, 6.07) is 8.23. The fourth-order valence-corrected chi connectivity index (χ4v) is 3.49. The third-order valence-corrected chi connectivity index (χ3v) is 4.36. The van der Waals surface area contributed by atoms with Crippen LogP contribution in [-0.2, 0) is 20.4 Å². The third-order valence-electron chi connectivity index (χ3n) is 3.19. The summed E-state index contributed by atoms with van der Waals surface area (Å²) in [6.45, 7) is -0.127. The van der Waals surface area contributed by atoms with E-state index in [0.717, 1.165) is 10.5 Å². The number of carbonyl (C=O) groups is 1. The molecule has 1 fully saturated rings. The first-order valence-electron chi connectivity index (χ1n) is 6.39. The van der Waals surface area contributed by atoms with Crippen LogP contribution < -0.4 is 0 Å². The van der Waals surface area contributed by atoms with Crippen LogP contribution in [0.4, 0.5) is 9.18 Å². The molecule has 0 saturated carbocycles. The number of benzene rings is 1. The zero-order valence-electron chi connectivity index (χ0n) is 11.1. The first kappa shape index (κ1) is 16.0. The van der Waals surface area contributed by atoms with Gasteiger partial charge in [-0.25, -0.2) is 17.6 Å². The highest BCUT2D eigenvalue weighted by molar-refractivity contribution is 8.13. The van der Waals surface area contributed by atoms with Crippen molar-refractivity contribution in [3.8, 4) is 0 Å². The highest BCUT2D eigenvalue weighted by Gasteiger charge is 2.38. The van der Waals surface area contributed by atoms with E-state index >= 15 is 0 Å². The highest BCUT2D eigenvalue weighted by atomic mass is 35.7. The standard InChI is InChI=1S/C13H15ClFNO4S/c14-21(18,19)9-12-6-11(15)7-16(12)13(17)20-8-10-4-2-1-3-5-10/h1-5,11-12H,6-9H2. The molecule has 0 radical (unpaired) electrons. The van der Waals surface area contributed by atoms with Crippen LogP contribution in [0, 0.1) is 0 Å². The van der Waals surface area contributed by atoms with Gasteiger partial charge in [-0.1, -0.05) is 30.3 Å². The number of carbonyl (C=O) groups excluding carboxylic acids is 1. The molecule has 1 aliphatic heterocycles. The van der Waals surface area contributed by atoms with Gasteiger partial charge in [0.2, 0.25) is 9.05 Å². The van der Waals surface area contributed by atoms with Crippen LogP contribution >= 0.6 is 10.7 Å². The molecule has 0 bridgehead atoms. The van der Waals surface area contributed by atoms with Crippen molar-refractivity contribution in [3.05, 3.63) is 35.9 Å². The van der Waals surface area contributed by atoms with Crippen molar-refractivity contribution in [3.63, 3.8) is 0 Å². The number of alkyl halides is 1. The predicted octanol–water partition coefficient (Wildman–Crippen LogP) is 2.30. The van der Waals surface area contributed by atoms with Gasteiger partial charge in [-0.2, -0.15) is 0 Å². The third kappa shape index (κ3) is 4.86. The number of hydrogen-bond acceptors (Lipinski definition) is 4. The van der Waals surface area contributed by atoms with E-state index in [1.54, 1.807) is 24.3 Å². The van der Waals surface area contributed by atoms with Gasteiger partial charge < -0.3 is 9.64 Å². The summed E-state index contributed by atoms with van der Waals surface area (Å²) in [4.78, 5) is 13.1. The smallest absolute Gasteiger partial charge is 0.410 e. The molecule has 1 heterocycles. The summed E-state index contributed by atoms with van der Waals surface area (Å²) in [5.74, 6) is -0.477. The molecule has 0 spiro atoms. The Hall–Kier alpha value is -1.34. The molecule has 1 aliphatic rings. The highest BCUT2D eigenvalue weighted by Crippen LogP contribution is 2.23. The molecule has 1 aromatic rings. The van der Waals surface area contributed by atoms with Crippen LogP contribution in [0.5, 0.6) is 0 Å². The first-order chi connectivity index (χ1) is 9.85. The van der Waals surface area contributed by atoms with E-state index in [2.05, 4.69) is 0 Å². The van der Waals surface area contributed by atoms with Gasteiger partial charge in [-0.3, -0.25) is 0 Å². The first-order valence-corrected chi connectivity index (χ1v) is 8.87. The molecule has 5 nitrogen and oxygen atoms in total. The van der Waals surface area contributed by atoms with Crippen molar-refractivity contribution >= 4 is 25.8 Å². The van der Waals surface area contributed by atoms with E-state index in [0.29, 0.717) is 0 Å². The summed E-state index contributed by atoms with van der Waals surface area (Å²) in [5, 5.41) is 0. The molecule has 2 atom stereocenters. The van der Waals surface area contributed by atoms with Gasteiger partial charge in [0.25, 0.3) is 0 Å². The molecular formula is C13H15ClFNO4S. The van der Waals surface area contributed by atoms with Gasteiger partial charge in [0.05, 0.1) is 18.3 Å². The van der Waals surface area contributed by atoms with Gasteiger partial charge in [0, 0.05) is 17.1 Å². The van der Waals surface area contributed by atoms with E-state index in [1.165, 1.54) is 0 Å². The van der Waals surface area contributed by atoms with Crippen LogP contribution in [0.25, 0.3) is 0 Å². The number of halogens is 2. The molecule has 0 aliphatic carbocycles. The molecular weight excluding hydrogens is 321 g/mol. The number of likely N-dealkylation sites (tertiary alicyclic amines) is 1. The molecule has 1 saturated heterocycles. The molecule has 8 heteroatoms. The maximum atomic E-state index is 13.4. The maximum Gasteiger partial charge on any atom is 0.410 e. The number of ether oxygens (including phenoxy) is 1. The zero-order valence-corrected chi connectivity index (χ0v) is 12.7. The summed E-state index contributed by atoms with van der Waals surface area (Å²) in [5.41, 5.74) is 0.795. The number of amides is 1. The summed E-state index contributed by atoms with van der Waals surface area (Å²) < 4.78 is 40.7. The Morgan fingerprint density at radius 1 is 1.38 bits per heavy atom. The van der Waals surface area contributed by atoms with Crippen LogP contribution in [0.15, 0.2) is 30.3 Å². The quantitative estimate of drug-likeness (QED) is 0.792. The average molecular weight is 336 g/mol. The van der Waals surface area contributed by atoms with E-state index in [4.69, 9.17) is 15.4 Å². The molecule has 116 valence electrons. The second kappa shape index (κ2) is 6.62. The van der Waals surface area contributed by atoms with Crippen molar-refractivity contribution in [1.29, 1.82) is 0 Å². The van der Waals surface area contributed by atoms with Crippen molar-refractivity contribution in [2.75, 3.05) is 12.3 Å². The summed E-state index contributed by atoms with van der Waals surface area (Å²) in [6.07, 6.45) is -2.05. The Balaban J connectivity index is 1.96. The number of rotatable bonds is 4. The fraction of sp³-hybridized carbons (Fsp3) is 0.462. The second-order valence-corrected chi connectivity index (χ2v) is 7.71. The van der Waals surface area contributed by atoms with E-state index in [9.17, 15) is 17.6 Å². The van der Waals surface area contributed by atoms with Crippen molar-refractivity contribution in [2.24, 2.45) is 0 Å². The minimum absolute atomic E-state index is 0.0491. The normalized spacial score (nSPS) is 22.3. The van der Waals surface area contributed by atoms with Crippen LogP contribution in [0.1, 0.15) is 12.0 Å². The number of nitrogens with zero attached hydrogens (tertiary/aromatic N) is 1. The Morgan fingerprint density at radius 2 is 2.05 bits per heavy atom. The van der Waals surface area contributed by atoms with Gasteiger partial charge >= 0.3 is 6.09 Å². The predicted molar refractivity (Wildman–Crippen MR) is 76.3 cm³/mol. The van der Waals surface area contributed by atoms with E-state index < -0.39 is 33.1 Å². The van der Waals surface area contributed by atoms with Crippen LogP contribution in [-0.4, -0.2) is 43.9 Å². The Bertz CT molecular complexity index is 595. The molecule has 2 rings (SSSR count). The second-order valence-electron chi connectivity index (χ2n) is 4.88. The molecule has 21 heavy (non-hydrogen) atoms. The largest absolute Gasteiger partial charge is 0.445 e. The van der Waals surface area contributed by atoms with E-state index in [1.807, 2.05) is 6.07 Å².